The van der Waals surface area contributed by atoms with Crippen LogP contribution in [-0.2, 0) is 17.9 Å². The summed E-state index contributed by atoms with van der Waals surface area (Å²) in [6.45, 7) is 3.65. The van der Waals surface area contributed by atoms with E-state index in [9.17, 15) is 0 Å². The zero-order valence-corrected chi connectivity index (χ0v) is 14.1. The van der Waals surface area contributed by atoms with Crippen LogP contribution in [0.1, 0.15) is 18.7 Å². The maximum atomic E-state index is 5.45. The highest BCUT2D eigenvalue weighted by atomic mass is 16.5. The first kappa shape index (κ1) is 16.1. The average Bonchev–Trinajstić information content (AvgIpc) is 2.91. The van der Waals surface area contributed by atoms with Crippen molar-refractivity contribution >= 4 is 11.0 Å². The average molecular weight is 319 g/mol. The van der Waals surface area contributed by atoms with E-state index in [2.05, 4.69) is 9.88 Å². The molecule has 6 nitrogen and oxygen atoms in total. The second-order valence-corrected chi connectivity index (χ2v) is 5.96. The number of benzene rings is 1. The summed E-state index contributed by atoms with van der Waals surface area (Å²) < 4.78 is 18.5. The molecular formula is C17H25N3O3. The van der Waals surface area contributed by atoms with Crippen LogP contribution < -0.4 is 14.8 Å². The fourth-order valence-corrected chi connectivity index (χ4v) is 3.27. The summed E-state index contributed by atoms with van der Waals surface area (Å²) in [6.07, 6.45) is 2.39. The van der Waals surface area contributed by atoms with Gasteiger partial charge in [-0.1, -0.05) is 0 Å². The second kappa shape index (κ2) is 7.19. The highest BCUT2D eigenvalue weighted by Gasteiger charge is 2.19. The van der Waals surface area contributed by atoms with E-state index >= 15 is 0 Å². The molecule has 1 aliphatic rings. The van der Waals surface area contributed by atoms with Gasteiger partial charge in [0.15, 0.2) is 11.5 Å². The molecule has 0 radical (unpaired) electrons. The standard InChI is InChI=1S/C17H25N3O3/c1-21-11-17-19-13-8-15(22-2)16(23-3)9-14(13)20(17)10-12-4-6-18-7-5-12/h8-9,12,18H,4-7,10-11H2,1-3H3. The predicted molar refractivity (Wildman–Crippen MR) is 89.1 cm³/mol. The van der Waals surface area contributed by atoms with E-state index in [1.165, 1.54) is 12.8 Å². The predicted octanol–water partition coefficient (Wildman–Crippen LogP) is 2.20. The fourth-order valence-electron chi connectivity index (χ4n) is 3.27. The molecule has 0 atom stereocenters. The van der Waals surface area contributed by atoms with Gasteiger partial charge in [0.05, 0.1) is 25.3 Å². The number of hydrogen-bond donors (Lipinski definition) is 1. The molecule has 0 spiro atoms. The molecule has 23 heavy (non-hydrogen) atoms. The van der Waals surface area contributed by atoms with Crippen molar-refractivity contribution < 1.29 is 14.2 Å². The third-order valence-electron chi connectivity index (χ3n) is 4.51. The Morgan fingerprint density at radius 1 is 1.13 bits per heavy atom. The van der Waals surface area contributed by atoms with Crippen molar-refractivity contribution in [2.24, 2.45) is 5.92 Å². The van der Waals surface area contributed by atoms with Crippen molar-refractivity contribution in [3.63, 3.8) is 0 Å². The van der Waals surface area contributed by atoms with Crippen LogP contribution in [-0.4, -0.2) is 44.0 Å². The van der Waals surface area contributed by atoms with Gasteiger partial charge in [-0.3, -0.25) is 0 Å². The van der Waals surface area contributed by atoms with Crippen molar-refractivity contribution in [2.45, 2.75) is 26.0 Å². The van der Waals surface area contributed by atoms with E-state index in [0.717, 1.165) is 42.2 Å². The lowest BCUT2D eigenvalue weighted by atomic mass is 9.98. The Morgan fingerprint density at radius 3 is 2.48 bits per heavy atom. The number of ether oxygens (including phenoxy) is 3. The van der Waals surface area contributed by atoms with Crippen LogP contribution in [0.3, 0.4) is 0 Å². The summed E-state index contributed by atoms with van der Waals surface area (Å²) in [6, 6.07) is 3.95. The van der Waals surface area contributed by atoms with Gasteiger partial charge in [0, 0.05) is 25.8 Å². The van der Waals surface area contributed by atoms with Crippen LogP contribution in [0.2, 0.25) is 0 Å². The Morgan fingerprint density at radius 2 is 1.83 bits per heavy atom. The molecule has 0 aliphatic carbocycles. The molecule has 1 fully saturated rings. The lowest BCUT2D eigenvalue weighted by Gasteiger charge is -2.24. The van der Waals surface area contributed by atoms with E-state index in [4.69, 9.17) is 19.2 Å². The monoisotopic (exact) mass is 319 g/mol. The molecule has 1 aromatic heterocycles. The van der Waals surface area contributed by atoms with E-state index in [0.29, 0.717) is 18.3 Å². The van der Waals surface area contributed by atoms with Crippen LogP contribution in [0.4, 0.5) is 0 Å². The molecule has 0 bridgehead atoms. The number of methoxy groups -OCH3 is 3. The Kier molecular flexibility index (Phi) is 5.03. The number of fused-ring (bicyclic) bond motifs is 1. The maximum Gasteiger partial charge on any atom is 0.163 e. The Balaban J connectivity index is 2.02. The largest absolute Gasteiger partial charge is 0.493 e. The van der Waals surface area contributed by atoms with Gasteiger partial charge >= 0.3 is 0 Å². The van der Waals surface area contributed by atoms with E-state index in [1.807, 2.05) is 12.1 Å². The fraction of sp³-hybridized carbons (Fsp3) is 0.588. The summed E-state index contributed by atoms with van der Waals surface area (Å²) in [7, 11) is 5.01. The zero-order valence-electron chi connectivity index (χ0n) is 14.1. The quantitative estimate of drug-likeness (QED) is 0.884. The van der Waals surface area contributed by atoms with Crippen molar-refractivity contribution in [2.75, 3.05) is 34.4 Å². The molecule has 1 aromatic carbocycles. The molecule has 0 amide bonds. The number of hydrogen-bond acceptors (Lipinski definition) is 5. The van der Waals surface area contributed by atoms with Gasteiger partial charge in [-0.2, -0.15) is 0 Å². The highest BCUT2D eigenvalue weighted by Crippen LogP contribution is 2.33. The highest BCUT2D eigenvalue weighted by molar-refractivity contribution is 5.80. The van der Waals surface area contributed by atoms with Crippen LogP contribution in [0, 0.1) is 5.92 Å². The Labute approximate surface area is 136 Å². The van der Waals surface area contributed by atoms with Gasteiger partial charge in [0.1, 0.15) is 12.4 Å². The van der Waals surface area contributed by atoms with Crippen molar-refractivity contribution in [1.29, 1.82) is 0 Å². The molecule has 3 rings (SSSR count). The van der Waals surface area contributed by atoms with Crippen LogP contribution in [0.25, 0.3) is 11.0 Å². The summed E-state index contributed by atoms with van der Waals surface area (Å²) in [5, 5.41) is 3.42. The number of imidazole rings is 1. The molecule has 2 heterocycles. The lowest BCUT2D eigenvalue weighted by Crippen LogP contribution is -2.30. The van der Waals surface area contributed by atoms with Gasteiger partial charge in [-0.15, -0.1) is 0 Å². The number of nitrogens with one attached hydrogen (secondary N) is 1. The number of nitrogens with zero attached hydrogens (tertiary/aromatic N) is 2. The minimum absolute atomic E-state index is 0.504. The maximum absolute atomic E-state index is 5.45. The van der Waals surface area contributed by atoms with Crippen LogP contribution in [0.15, 0.2) is 12.1 Å². The second-order valence-electron chi connectivity index (χ2n) is 5.96. The molecule has 0 saturated carbocycles. The van der Waals surface area contributed by atoms with Gasteiger partial charge < -0.3 is 24.1 Å². The lowest BCUT2D eigenvalue weighted by molar-refractivity contribution is 0.172. The number of aromatic nitrogens is 2. The number of piperidine rings is 1. The van der Waals surface area contributed by atoms with E-state index in [1.54, 1.807) is 21.3 Å². The Bertz CT molecular complexity index is 663. The zero-order chi connectivity index (χ0) is 16.2. The van der Waals surface area contributed by atoms with Gasteiger partial charge in [-0.05, 0) is 31.8 Å². The Hall–Kier alpha value is -1.79. The minimum atomic E-state index is 0.504. The molecule has 0 unspecified atom stereocenters. The van der Waals surface area contributed by atoms with Crippen LogP contribution in [0.5, 0.6) is 11.5 Å². The molecular weight excluding hydrogens is 294 g/mol. The van der Waals surface area contributed by atoms with E-state index in [-0.39, 0.29) is 0 Å². The van der Waals surface area contributed by atoms with Gasteiger partial charge in [0.25, 0.3) is 0 Å². The molecule has 2 aromatic rings. The molecule has 1 saturated heterocycles. The number of rotatable bonds is 6. The molecule has 6 heteroatoms. The van der Waals surface area contributed by atoms with Crippen LogP contribution >= 0.6 is 0 Å². The third-order valence-corrected chi connectivity index (χ3v) is 4.51. The minimum Gasteiger partial charge on any atom is -0.493 e. The molecule has 1 aliphatic heterocycles. The first-order valence-electron chi connectivity index (χ1n) is 8.07. The normalized spacial score (nSPS) is 16.0. The summed E-state index contributed by atoms with van der Waals surface area (Å²) in [5.74, 6) is 3.06. The van der Waals surface area contributed by atoms with Crippen molar-refractivity contribution in [1.82, 2.24) is 14.9 Å². The summed E-state index contributed by atoms with van der Waals surface area (Å²) in [4.78, 5) is 4.74. The first-order chi connectivity index (χ1) is 11.3. The molecule has 126 valence electrons. The summed E-state index contributed by atoms with van der Waals surface area (Å²) in [5.41, 5.74) is 2.00. The van der Waals surface area contributed by atoms with Crippen molar-refractivity contribution in [3.8, 4) is 11.5 Å². The smallest absolute Gasteiger partial charge is 0.163 e. The SMILES string of the molecule is COCc1nc2cc(OC)c(OC)cc2n1CC1CCNCC1. The molecule has 1 N–H and O–H groups in total. The van der Waals surface area contributed by atoms with E-state index < -0.39 is 0 Å². The third kappa shape index (κ3) is 3.28. The summed E-state index contributed by atoms with van der Waals surface area (Å²) >= 11 is 0. The van der Waals surface area contributed by atoms with Gasteiger partial charge in [0.2, 0.25) is 0 Å². The van der Waals surface area contributed by atoms with Crippen molar-refractivity contribution in [3.05, 3.63) is 18.0 Å². The topological polar surface area (TPSA) is 57.5 Å². The first-order valence-corrected chi connectivity index (χ1v) is 8.07. The van der Waals surface area contributed by atoms with Gasteiger partial charge in [-0.25, -0.2) is 4.98 Å².